The van der Waals surface area contributed by atoms with Crippen molar-refractivity contribution in [3.05, 3.63) is 0 Å². The van der Waals surface area contributed by atoms with Crippen LogP contribution in [0.3, 0.4) is 0 Å². The summed E-state index contributed by atoms with van der Waals surface area (Å²) in [6.07, 6.45) is -10.6. The fourth-order valence-electron chi connectivity index (χ4n) is 0.129. The first-order valence-electron chi connectivity index (χ1n) is 1.94. The fourth-order valence-corrected chi connectivity index (χ4v) is 0.129. The van der Waals surface area contributed by atoms with Crippen LogP contribution in [0.4, 0.5) is 26.3 Å². The third-order valence-electron chi connectivity index (χ3n) is 0.663. The maximum Gasteiger partial charge on any atom is 0.459 e. The highest BCUT2D eigenvalue weighted by Gasteiger charge is 2.64. The van der Waals surface area contributed by atoms with Gasteiger partial charge >= 0.3 is 18.5 Å². The van der Waals surface area contributed by atoms with Gasteiger partial charge in [0, 0.05) is 0 Å². The molecule has 0 aliphatic heterocycles. The van der Waals surface area contributed by atoms with Gasteiger partial charge in [-0.05, 0) is 0 Å². The molecule has 10 heavy (non-hydrogen) atoms. The van der Waals surface area contributed by atoms with E-state index < -0.39 is 18.5 Å². The van der Waals surface area contributed by atoms with Gasteiger partial charge in [0.1, 0.15) is 0 Å². The Morgan fingerprint density at radius 1 is 1.00 bits per heavy atom. The highest BCUT2D eigenvalue weighted by atomic mass is 19.4. The molecule has 0 rings (SSSR count). The third-order valence-corrected chi connectivity index (χ3v) is 0.663. The van der Waals surface area contributed by atoms with Crippen LogP contribution in [0.1, 0.15) is 0 Å². The van der Waals surface area contributed by atoms with E-state index in [2.05, 4.69) is 0 Å². The largest absolute Gasteiger partial charge is 0.459 e. The quantitative estimate of drug-likeness (QED) is 0.531. The van der Waals surface area contributed by atoms with Crippen molar-refractivity contribution in [3.8, 4) is 0 Å². The first-order valence-corrected chi connectivity index (χ1v) is 1.94. The summed E-state index contributed by atoms with van der Waals surface area (Å²) in [5.74, 6) is -5.78. The van der Waals surface area contributed by atoms with Crippen molar-refractivity contribution in [3.63, 3.8) is 0 Å². The number of hydrogen-bond acceptors (Lipinski definition) is 0. The average molecular weight is 167 g/mol. The summed E-state index contributed by atoms with van der Waals surface area (Å²) >= 11 is 0. The van der Waals surface area contributed by atoms with Crippen LogP contribution in [0.5, 0.6) is 0 Å². The predicted molar refractivity (Wildman–Crippen MR) is 16.6 cm³/mol. The van der Waals surface area contributed by atoms with Crippen LogP contribution in [-0.4, -0.2) is 18.5 Å². The molecule has 61 valence electrons. The van der Waals surface area contributed by atoms with Gasteiger partial charge < -0.3 is 0 Å². The van der Waals surface area contributed by atoms with E-state index in [4.69, 9.17) is 5.11 Å². The van der Waals surface area contributed by atoms with Crippen LogP contribution in [0.25, 0.3) is 0 Å². The molecule has 1 atom stereocenters. The van der Waals surface area contributed by atoms with Crippen LogP contribution in [-0.2, 0) is 5.11 Å². The van der Waals surface area contributed by atoms with Crippen molar-refractivity contribution in [2.24, 2.45) is 0 Å². The lowest BCUT2D eigenvalue weighted by Gasteiger charge is -2.17. The minimum atomic E-state index is -6.10. The van der Waals surface area contributed by atoms with Gasteiger partial charge in [0.25, 0.3) is 0 Å². The Balaban J connectivity index is 4.40. The molecule has 0 saturated heterocycles. The summed E-state index contributed by atoms with van der Waals surface area (Å²) in [4.78, 5) is 0. The van der Waals surface area contributed by atoms with Crippen molar-refractivity contribution >= 4 is 0 Å². The summed E-state index contributed by atoms with van der Waals surface area (Å²) in [5, 5.41) is 9.06. The Morgan fingerprint density at radius 2 is 1.30 bits per heavy atom. The Kier molecular flexibility index (Phi) is 2.19. The molecular weight excluding hydrogens is 166 g/mol. The second kappa shape index (κ2) is 2.30. The van der Waals surface area contributed by atoms with Gasteiger partial charge in [0.15, 0.2) is 0 Å². The topological polar surface area (TPSA) is 19.9 Å². The van der Waals surface area contributed by atoms with Crippen LogP contribution in [0.2, 0.25) is 0 Å². The molecule has 0 saturated carbocycles. The minimum Gasteiger partial charge on any atom is -0.206 e. The summed E-state index contributed by atoms with van der Waals surface area (Å²) in [6.45, 7) is 0. The summed E-state index contributed by atoms with van der Waals surface area (Å²) in [6, 6.07) is 0. The van der Waals surface area contributed by atoms with Gasteiger partial charge in [0.2, 0.25) is 0 Å². The lowest BCUT2D eigenvalue weighted by atomic mass is 10.3. The van der Waals surface area contributed by atoms with Crippen LogP contribution in [0.15, 0.2) is 0 Å². The molecule has 0 spiro atoms. The molecule has 0 aliphatic rings. The summed E-state index contributed by atoms with van der Waals surface area (Å²) in [7, 11) is 0. The van der Waals surface area contributed by atoms with E-state index in [9.17, 15) is 26.3 Å². The molecule has 0 bridgehead atoms. The van der Waals surface area contributed by atoms with Crippen molar-refractivity contribution in [2.75, 3.05) is 0 Å². The van der Waals surface area contributed by atoms with E-state index in [-0.39, 0.29) is 0 Å². The average Bonchev–Trinajstić information content (AvgIpc) is 1.62. The van der Waals surface area contributed by atoms with Crippen LogP contribution < -0.4 is 0 Å². The van der Waals surface area contributed by atoms with E-state index in [1.807, 2.05) is 0 Å². The van der Waals surface area contributed by atoms with E-state index in [0.29, 0.717) is 0 Å². The summed E-state index contributed by atoms with van der Waals surface area (Å²) < 4.78 is 66.1. The second-order valence-corrected chi connectivity index (χ2v) is 1.44. The maximum atomic E-state index is 11.2. The lowest BCUT2D eigenvalue weighted by molar-refractivity contribution is -0.343. The van der Waals surface area contributed by atoms with Crippen LogP contribution >= 0.6 is 0 Å². The molecule has 1 radical (unpaired) electrons. The zero-order valence-electron chi connectivity index (χ0n) is 4.25. The first-order chi connectivity index (χ1) is 4.19. The van der Waals surface area contributed by atoms with Gasteiger partial charge in [-0.3, -0.25) is 0 Å². The Morgan fingerprint density at radius 3 is 1.30 bits per heavy atom. The van der Waals surface area contributed by atoms with Gasteiger partial charge in [-0.1, -0.05) is 0 Å². The third kappa shape index (κ3) is 1.53. The first kappa shape index (κ1) is 9.54. The molecule has 1 unspecified atom stereocenters. The molecular formula is C3HF6O. The molecule has 0 aromatic rings. The van der Waals surface area contributed by atoms with Crippen molar-refractivity contribution in [2.45, 2.75) is 18.5 Å². The number of halogens is 6. The Labute approximate surface area is 51.3 Å². The molecule has 0 fully saturated rings. The van der Waals surface area contributed by atoms with Crippen LogP contribution in [0, 0.1) is 0 Å². The van der Waals surface area contributed by atoms with Gasteiger partial charge in [0.05, 0.1) is 0 Å². The molecule has 0 aromatic heterocycles. The number of hydrogen-bond donors (Lipinski definition) is 0. The fraction of sp³-hybridized carbons (Fsp3) is 1.00. The zero-order valence-corrected chi connectivity index (χ0v) is 4.25. The highest BCUT2D eigenvalue weighted by Crippen LogP contribution is 2.38. The lowest BCUT2D eigenvalue weighted by Crippen LogP contribution is -2.44. The molecule has 1 nitrogen and oxygen atoms in total. The standard InChI is InChI=1S/C3HF6O/c4-1(10)2(5,6)3(7,8)9/h1H. The predicted octanol–water partition coefficient (Wildman–Crippen LogP) is 1.91. The molecule has 0 amide bonds. The molecule has 7 heteroatoms. The molecule has 0 heterocycles. The highest BCUT2D eigenvalue weighted by molar-refractivity contribution is 4.77. The van der Waals surface area contributed by atoms with E-state index >= 15 is 0 Å². The van der Waals surface area contributed by atoms with Crippen molar-refractivity contribution in [1.29, 1.82) is 0 Å². The van der Waals surface area contributed by atoms with Gasteiger partial charge in [-0.15, -0.1) is 0 Å². The normalized spacial score (nSPS) is 17.1. The monoisotopic (exact) mass is 167 g/mol. The number of alkyl halides is 6. The van der Waals surface area contributed by atoms with E-state index in [1.54, 1.807) is 0 Å². The Bertz CT molecular complexity index is 115. The Hall–Kier alpha value is -0.460. The second-order valence-electron chi connectivity index (χ2n) is 1.44. The maximum absolute atomic E-state index is 11.2. The van der Waals surface area contributed by atoms with Crippen molar-refractivity contribution < 1.29 is 31.4 Å². The number of rotatable bonds is 1. The molecule has 0 aromatic carbocycles. The smallest absolute Gasteiger partial charge is 0.206 e. The summed E-state index contributed by atoms with van der Waals surface area (Å²) in [5.41, 5.74) is 0. The van der Waals surface area contributed by atoms with E-state index in [0.717, 1.165) is 0 Å². The van der Waals surface area contributed by atoms with Gasteiger partial charge in [-0.2, -0.15) is 27.1 Å². The zero-order chi connectivity index (χ0) is 8.58. The van der Waals surface area contributed by atoms with E-state index in [1.165, 1.54) is 0 Å². The molecule has 0 aliphatic carbocycles. The van der Waals surface area contributed by atoms with Gasteiger partial charge in [-0.25, -0.2) is 4.39 Å². The molecule has 0 N–H and O–H groups in total. The SMILES string of the molecule is [O]C(F)C(F)(F)C(F)(F)F. The minimum absolute atomic E-state index is 4.45. The van der Waals surface area contributed by atoms with Crippen molar-refractivity contribution in [1.82, 2.24) is 0 Å².